The maximum absolute atomic E-state index is 6.04. The standard InChI is InChI=1S/C36H76O2Si/c1-5-7-9-11-13-15-17-19-21-23-25-27-29-31-33-35-39(37-3,38-4)36-34-32-30-28-26-24-22-20-18-16-14-12-10-8-6-2/h5-36H2,1-4H3. The number of rotatable bonds is 34. The predicted octanol–water partition coefficient (Wildman–Crippen LogP) is 13.5. The van der Waals surface area contributed by atoms with E-state index in [1.807, 2.05) is 14.2 Å². The molecular formula is C36H76O2Si. The average molecular weight is 569 g/mol. The van der Waals surface area contributed by atoms with E-state index in [0.717, 1.165) is 0 Å². The van der Waals surface area contributed by atoms with Crippen LogP contribution in [0.4, 0.5) is 0 Å². The maximum Gasteiger partial charge on any atom is 0.337 e. The Balaban J connectivity index is 3.52. The summed E-state index contributed by atoms with van der Waals surface area (Å²) in [6, 6.07) is 2.38. The van der Waals surface area contributed by atoms with Crippen LogP contribution in [0.3, 0.4) is 0 Å². The molecule has 0 aliphatic carbocycles. The fourth-order valence-electron chi connectivity index (χ4n) is 6.15. The van der Waals surface area contributed by atoms with Gasteiger partial charge in [-0.25, -0.2) is 0 Å². The van der Waals surface area contributed by atoms with Crippen LogP contribution in [-0.2, 0) is 8.85 Å². The molecule has 0 unspecified atom stereocenters. The molecule has 0 fully saturated rings. The van der Waals surface area contributed by atoms with Crippen LogP contribution in [0.1, 0.15) is 206 Å². The Morgan fingerprint density at radius 3 is 0.641 bits per heavy atom. The minimum atomic E-state index is -1.95. The second-order valence-corrected chi connectivity index (χ2v) is 16.4. The lowest BCUT2D eigenvalue weighted by molar-refractivity contribution is 0.238. The third-order valence-electron chi connectivity index (χ3n) is 9.07. The van der Waals surface area contributed by atoms with Gasteiger partial charge in [-0.15, -0.1) is 0 Å². The zero-order valence-electron chi connectivity index (χ0n) is 27.9. The topological polar surface area (TPSA) is 18.5 Å². The van der Waals surface area contributed by atoms with E-state index >= 15 is 0 Å². The molecule has 0 amide bonds. The van der Waals surface area contributed by atoms with Crippen molar-refractivity contribution in [3.05, 3.63) is 0 Å². The Morgan fingerprint density at radius 2 is 0.462 bits per heavy atom. The molecule has 0 aromatic heterocycles. The first-order valence-electron chi connectivity index (χ1n) is 18.3. The second-order valence-electron chi connectivity index (χ2n) is 12.7. The van der Waals surface area contributed by atoms with Gasteiger partial charge in [0.2, 0.25) is 0 Å². The van der Waals surface area contributed by atoms with Gasteiger partial charge < -0.3 is 8.85 Å². The summed E-state index contributed by atoms with van der Waals surface area (Å²) in [4.78, 5) is 0. The summed E-state index contributed by atoms with van der Waals surface area (Å²) in [5.41, 5.74) is 0. The summed E-state index contributed by atoms with van der Waals surface area (Å²) in [5.74, 6) is 0. The third-order valence-corrected chi connectivity index (χ3v) is 12.8. The summed E-state index contributed by atoms with van der Waals surface area (Å²) >= 11 is 0. The van der Waals surface area contributed by atoms with Crippen molar-refractivity contribution in [3.8, 4) is 0 Å². The van der Waals surface area contributed by atoms with Gasteiger partial charge in [-0.05, 0) is 12.1 Å². The molecule has 236 valence electrons. The lowest BCUT2D eigenvalue weighted by atomic mass is 10.0. The van der Waals surface area contributed by atoms with Crippen LogP contribution >= 0.6 is 0 Å². The number of hydrogen-bond acceptors (Lipinski definition) is 2. The van der Waals surface area contributed by atoms with Gasteiger partial charge in [0.05, 0.1) is 0 Å². The quantitative estimate of drug-likeness (QED) is 0.0567. The first kappa shape index (κ1) is 39.1. The van der Waals surface area contributed by atoms with Gasteiger partial charge in [-0.2, -0.15) is 0 Å². The number of unbranched alkanes of at least 4 members (excludes halogenated alkanes) is 28. The molecule has 0 bridgehead atoms. The van der Waals surface area contributed by atoms with Gasteiger partial charge in [0.1, 0.15) is 0 Å². The molecular weight excluding hydrogens is 492 g/mol. The first-order chi connectivity index (χ1) is 19.2. The van der Waals surface area contributed by atoms with Crippen LogP contribution in [0.25, 0.3) is 0 Å². The van der Waals surface area contributed by atoms with Crippen molar-refractivity contribution in [1.29, 1.82) is 0 Å². The van der Waals surface area contributed by atoms with E-state index < -0.39 is 8.56 Å². The molecule has 0 atom stereocenters. The van der Waals surface area contributed by atoms with Crippen molar-refractivity contribution in [2.45, 2.75) is 219 Å². The molecule has 0 heterocycles. The highest BCUT2D eigenvalue weighted by Gasteiger charge is 2.33. The fraction of sp³-hybridized carbons (Fsp3) is 1.00. The minimum Gasteiger partial charge on any atom is -0.398 e. The summed E-state index contributed by atoms with van der Waals surface area (Å²) in [6.45, 7) is 4.60. The van der Waals surface area contributed by atoms with Crippen molar-refractivity contribution >= 4 is 8.56 Å². The summed E-state index contributed by atoms with van der Waals surface area (Å²) in [5, 5.41) is 0. The van der Waals surface area contributed by atoms with E-state index in [1.165, 1.54) is 205 Å². The molecule has 0 aliphatic heterocycles. The molecule has 39 heavy (non-hydrogen) atoms. The molecule has 0 aliphatic rings. The van der Waals surface area contributed by atoms with Crippen molar-refractivity contribution in [1.82, 2.24) is 0 Å². The number of hydrogen-bond donors (Lipinski definition) is 0. The molecule has 0 saturated carbocycles. The zero-order chi connectivity index (χ0) is 28.5. The highest BCUT2D eigenvalue weighted by molar-refractivity contribution is 6.67. The van der Waals surface area contributed by atoms with Gasteiger partial charge in [-0.1, -0.05) is 206 Å². The highest BCUT2D eigenvalue weighted by Crippen LogP contribution is 2.25. The smallest absolute Gasteiger partial charge is 0.337 e. The lowest BCUT2D eigenvalue weighted by Gasteiger charge is -2.27. The van der Waals surface area contributed by atoms with Crippen LogP contribution in [0.15, 0.2) is 0 Å². The Hall–Kier alpha value is 0.137. The average Bonchev–Trinajstić information content (AvgIpc) is 2.96. The molecule has 0 aromatic carbocycles. The molecule has 0 rings (SSSR count). The van der Waals surface area contributed by atoms with Gasteiger partial charge >= 0.3 is 8.56 Å². The van der Waals surface area contributed by atoms with E-state index in [2.05, 4.69) is 13.8 Å². The Kier molecular flexibility index (Phi) is 32.8. The van der Waals surface area contributed by atoms with Crippen LogP contribution < -0.4 is 0 Å². The first-order valence-corrected chi connectivity index (χ1v) is 20.6. The minimum absolute atomic E-state index is 1.19. The Morgan fingerprint density at radius 1 is 0.282 bits per heavy atom. The fourth-order valence-corrected chi connectivity index (χ4v) is 8.96. The molecule has 0 spiro atoms. The second kappa shape index (κ2) is 32.6. The van der Waals surface area contributed by atoms with E-state index in [1.54, 1.807) is 0 Å². The molecule has 2 nitrogen and oxygen atoms in total. The van der Waals surface area contributed by atoms with Gasteiger partial charge in [0.25, 0.3) is 0 Å². The van der Waals surface area contributed by atoms with Crippen LogP contribution in [0.2, 0.25) is 12.1 Å². The predicted molar refractivity (Wildman–Crippen MR) is 179 cm³/mol. The van der Waals surface area contributed by atoms with Gasteiger partial charge in [0.15, 0.2) is 0 Å². The van der Waals surface area contributed by atoms with E-state index in [9.17, 15) is 0 Å². The van der Waals surface area contributed by atoms with Gasteiger partial charge in [0, 0.05) is 14.2 Å². The SMILES string of the molecule is CCCCCCCCCCCCCCCCC[Si](CCCCCCCCCCCCCCCCC)(OC)OC. The third kappa shape index (κ3) is 28.0. The monoisotopic (exact) mass is 569 g/mol. The zero-order valence-corrected chi connectivity index (χ0v) is 28.9. The van der Waals surface area contributed by atoms with E-state index in [4.69, 9.17) is 8.85 Å². The van der Waals surface area contributed by atoms with Crippen LogP contribution in [0, 0.1) is 0 Å². The molecule has 3 heteroatoms. The van der Waals surface area contributed by atoms with Crippen molar-refractivity contribution in [2.75, 3.05) is 14.2 Å². The van der Waals surface area contributed by atoms with Crippen molar-refractivity contribution in [2.24, 2.45) is 0 Å². The molecule has 0 radical (unpaired) electrons. The maximum atomic E-state index is 6.04. The molecule has 0 saturated heterocycles. The van der Waals surface area contributed by atoms with Crippen LogP contribution in [0.5, 0.6) is 0 Å². The molecule has 0 aromatic rings. The Labute approximate surface area is 249 Å². The summed E-state index contributed by atoms with van der Waals surface area (Å²) in [6.07, 6.45) is 42.8. The summed E-state index contributed by atoms with van der Waals surface area (Å²) in [7, 11) is 1.86. The Bertz CT molecular complexity index is 402. The van der Waals surface area contributed by atoms with E-state index in [-0.39, 0.29) is 0 Å². The van der Waals surface area contributed by atoms with Crippen molar-refractivity contribution < 1.29 is 8.85 Å². The van der Waals surface area contributed by atoms with Gasteiger partial charge in [-0.3, -0.25) is 0 Å². The lowest BCUT2D eigenvalue weighted by Crippen LogP contribution is -2.39. The molecule has 0 N–H and O–H groups in total. The highest BCUT2D eigenvalue weighted by atomic mass is 28.4. The summed E-state index contributed by atoms with van der Waals surface area (Å²) < 4.78 is 12.1. The van der Waals surface area contributed by atoms with E-state index in [0.29, 0.717) is 0 Å². The largest absolute Gasteiger partial charge is 0.398 e. The van der Waals surface area contributed by atoms with Crippen LogP contribution in [-0.4, -0.2) is 22.8 Å². The normalized spacial score (nSPS) is 12.0. The van der Waals surface area contributed by atoms with Crippen molar-refractivity contribution in [3.63, 3.8) is 0 Å².